The van der Waals surface area contributed by atoms with Crippen LogP contribution in [0.3, 0.4) is 0 Å². The predicted octanol–water partition coefficient (Wildman–Crippen LogP) is 11.3. The highest BCUT2D eigenvalue weighted by Crippen LogP contribution is 2.31. The van der Waals surface area contributed by atoms with Gasteiger partial charge in [-0.3, -0.25) is 49.5 Å². The van der Waals surface area contributed by atoms with Crippen molar-refractivity contribution in [3.8, 4) is 0 Å². The van der Waals surface area contributed by atoms with Gasteiger partial charge in [0, 0.05) is 129 Å². The first kappa shape index (κ1) is 76.7. The zero-order valence-corrected chi connectivity index (χ0v) is 63.2. The molecule has 0 spiro atoms. The van der Waals surface area contributed by atoms with Crippen molar-refractivity contribution in [2.45, 2.75) is 98.4 Å². The van der Waals surface area contributed by atoms with Crippen LogP contribution in [0.1, 0.15) is 60.6 Å². The molecule has 10 heterocycles. The molecule has 15 aromatic rings. The summed E-state index contributed by atoms with van der Waals surface area (Å²) >= 11 is 20.5. The van der Waals surface area contributed by atoms with Crippen molar-refractivity contribution >= 4 is 166 Å². The lowest BCUT2D eigenvalue weighted by atomic mass is 10.1. The van der Waals surface area contributed by atoms with E-state index in [2.05, 4.69) is 86.2 Å². The maximum Gasteiger partial charge on any atom is 0.262 e. The smallest absolute Gasteiger partial charge is 0.262 e. The van der Waals surface area contributed by atoms with Crippen LogP contribution in [-0.2, 0) is 55.0 Å². The van der Waals surface area contributed by atoms with Gasteiger partial charge in [-0.25, -0.2) is 0 Å². The first-order valence-electron chi connectivity index (χ1n) is 34.3. The van der Waals surface area contributed by atoms with Crippen LogP contribution in [0.5, 0.6) is 0 Å². The number of pyridine rings is 5. The first-order chi connectivity index (χ1) is 50.8. The van der Waals surface area contributed by atoms with E-state index >= 15 is 0 Å². The first-order valence-corrected chi connectivity index (χ1v) is 36.5. The highest BCUT2D eigenvalue weighted by molar-refractivity contribution is 14.1. The van der Waals surface area contributed by atoms with Gasteiger partial charge < -0.3 is 54.6 Å². The molecule has 548 valence electrons. The number of aromatic nitrogens is 15. The fourth-order valence-electron chi connectivity index (χ4n) is 13.2. The summed E-state index contributed by atoms with van der Waals surface area (Å²) in [5, 5.41) is 54.7. The fraction of sp³-hybridized carbons (Fsp3) is 0.307. The van der Waals surface area contributed by atoms with Crippen LogP contribution in [0.15, 0.2) is 134 Å². The Morgan fingerprint density at radius 2 is 0.771 bits per heavy atom. The molecular weight excluding hydrogens is 1510 g/mol. The molecular formula is C75H82Cl3IN18O8. The number of nitrogens with two attached hydrogens (primary N) is 3. The molecule has 0 amide bonds. The minimum Gasteiger partial charge on any atom is -0.396 e. The number of fused-ring (bicyclic) bond motifs is 15. The lowest BCUT2D eigenvalue weighted by molar-refractivity contribution is 0.201. The summed E-state index contributed by atoms with van der Waals surface area (Å²) in [4.78, 5) is 63.8. The van der Waals surface area contributed by atoms with E-state index in [1.54, 1.807) is 56.8 Å². The molecule has 30 heteroatoms. The number of aromatic amines is 5. The molecule has 5 aromatic carbocycles. The number of H-pyrrole nitrogens is 5. The highest BCUT2D eigenvalue weighted by atomic mass is 127. The molecule has 12 N–H and O–H groups in total. The Hall–Kier alpha value is -9.40. The maximum atomic E-state index is 13.0. The maximum absolute atomic E-state index is 13.0. The van der Waals surface area contributed by atoms with Crippen molar-refractivity contribution in [2.24, 2.45) is 17.2 Å². The van der Waals surface area contributed by atoms with Gasteiger partial charge in [0.1, 0.15) is 27.6 Å². The number of hydrogen-bond donors (Lipinski definition) is 9. The molecule has 26 nitrogen and oxygen atoms in total. The molecule has 10 aromatic heterocycles. The number of ether oxygens (including phenoxy) is 2. The summed E-state index contributed by atoms with van der Waals surface area (Å²) in [5.41, 5.74) is 28.3. The lowest BCUT2D eigenvalue weighted by Gasteiger charge is -2.11. The summed E-state index contributed by atoms with van der Waals surface area (Å²) in [5.74, 6) is 0. The van der Waals surface area contributed by atoms with E-state index in [4.69, 9.17) is 66.6 Å². The number of aryl methyl sites for hydroxylation is 8. The number of methoxy groups -OCH3 is 2. The molecule has 0 unspecified atom stereocenters. The van der Waals surface area contributed by atoms with E-state index < -0.39 is 0 Å². The van der Waals surface area contributed by atoms with E-state index in [0.717, 1.165) is 123 Å². The largest absolute Gasteiger partial charge is 0.396 e. The zero-order chi connectivity index (χ0) is 74.8. The van der Waals surface area contributed by atoms with E-state index in [-0.39, 0.29) is 34.4 Å². The van der Waals surface area contributed by atoms with Gasteiger partial charge in [0.15, 0.2) is 0 Å². The average molecular weight is 1600 g/mol. The molecule has 0 bridgehead atoms. The Labute approximate surface area is 628 Å². The molecule has 0 aliphatic carbocycles. The van der Waals surface area contributed by atoms with Crippen molar-refractivity contribution in [1.82, 2.24) is 73.8 Å². The molecule has 0 radical (unpaired) electrons. The number of allylic oxidation sites excluding steroid dienone is 1. The zero-order valence-electron chi connectivity index (χ0n) is 58.8. The number of para-hydroxylation sites is 1. The second kappa shape index (κ2) is 34.7. The van der Waals surface area contributed by atoms with Crippen LogP contribution in [-0.4, -0.2) is 133 Å². The van der Waals surface area contributed by atoms with Gasteiger partial charge in [-0.15, -0.1) is 6.58 Å². The van der Waals surface area contributed by atoms with Crippen molar-refractivity contribution in [3.63, 3.8) is 0 Å². The number of halogens is 4. The minimum absolute atomic E-state index is 0.00779. The highest BCUT2D eigenvalue weighted by Gasteiger charge is 2.22. The van der Waals surface area contributed by atoms with Crippen LogP contribution in [0.4, 0.5) is 0 Å². The van der Waals surface area contributed by atoms with Crippen molar-refractivity contribution in [2.75, 3.05) is 53.7 Å². The number of benzene rings is 5. The van der Waals surface area contributed by atoms with Gasteiger partial charge in [-0.1, -0.05) is 59.1 Å². The summed E-state index contributed by atoms with van der Waals surface area (Å²) in [6, 6.07) is 30.3. The molecule has 0 aliphatic rings. The Balaban J connectivity index is 0.000000131. The van der Waals surface area contributed by atoms with E-state index in [1.165, 1.54) is 0 Å². The number of rotatable bonds is 21. The topological polar surface area (TPSA) is 370 Å². The monoisotopic (exact) mass is 1590 g/mol. The van der Waals surface area contributed by atoms with Gasteiger partial charge in [-0.2, -0.15) is 25.5 Å². The van der Waals surface area contributed by atoms with Gasteiger partial charge in [0.05, 0.1) is 79.1 Å². The number of aliphatic hydroxyl groups excluding tert-OH is 1. The quantitative estimate of drug-likeness (QED) is 0.0238. The number of aliphatic hydroxyl groups is 1. The third-order valence-electron chi connectivity index (χ3n) is 18.3. The molecule has 0 aliphatic heterocycles. The van der Waals surface area contributed by atoms with Crippen LogP contribution in [0.25, 0.3) is 109 Å². The van der Waals surface area contributed by atoms with Crippen molar-refractivity contribution in [3.05, 3.63) is 209 Å². The Morgan fingerprint density at radius 3 is 1.15 bits per heavy atom. The van der Waals surface area contributed by atoms with Crippen molar-refractivity contribution < 1.29 is 14.6 Å². The standard InChI is InChI=1S/C16H19ClN4O2.C16H20N4O2.C15H14ClN3O.C14H14ClN3O2.C14H15IN4O/c1-23-8-5-12-14-15(20-19-12)11-9-10(17)3-4-13(11)21(16(14)22)7-2-6-18;1-22-10-7-12-14-15(19-18-12)11-5-2-3-6-13(11)20(16(14)21)9-4-8-17;1-3-4-7-19-12-6-5-10(16)8-11(12)14-13(15(19)20)9(2)17-18-14;1-8-12-13(17-16-8)10-7-9(15)3-4-11(10)18(14(12)20)5-2-6-19;1-8-12-13(18-17-8)10-7-9(15)3-4-11(10)19(14(12)20)6-2-5-16/h3-4,9H,2,5-8,18H2,1H3,(H,19,20);2-3,5-6H,4,7-10,17H2,1H3,(H,18,19);3,5-6,8H,1,4,7H2,2H3,(H,17,18);3-4,7,19H,2,5-6H2,1H3,(H,16,17);3-4,7H,2,5-6,16H2,1H3,(H,17,18). The predicted molar refractivity (Wildman–Crippen MR) is 430 cm³/mol. The number of hydrogen-bond acceptors (Lipinski definition) is 16. The molecule has 0 saturated carbocycles. The molecule has 0 saturated heterocycles. The van der Waals surface area contributed by atoms with Crippen LogP contribution < -0.4 is 45.0 Å². The lowest BCUT2D eigenvalue weighted by Crippen LogP contribution is -2.23. The van der Waals surface area contributed by atoms with E-state index in [9.17, 15) is 24.0 Å². The Morgan fingerprint density at radius 1 is 0.448 bits per heavy atom. The number of nitrogens with one attached hydrogen (secondary N) is 5. The van der Waals surface area contributed by atoms with Gasteiger partial charge in [0.25, 0.3) is 27.8 Å². The van der Waals surface area contributed by atoms with Gasteiger partial charge in [-0.05, 0) is 174 Å². The Bertz CT molecular complexity index is 5880. The average Bonchev–Trinajstić information content (AvgIpc) is 1.72. The third kappa shape index (κ3) is 15.8. The second-order valence-corrected chi connectivity index (χ2v) is 27.6. The summed E-state index contributed by atoms with van der Waals surface area (Å²) in [6.45, 7) is 14.9. The van der Waals surface area contributed by atoms with Crippen LogP contribution in [0, 0.1) is 24.3 Å². The number of nitrogens with zero attached hydrogens (tertiary/aromatic N) is 10. The van der Waals surface area contributed by atoms with Crippen LogP contribution >= 0.6 is 57.4 Å². The minimum atomic E-state index is -0.0884. The summed E-state index contributed by atoms with van der Waals surface area (Å²) < 4.78 is 20.2. The molecule has 15 rings (SSSR count). The normalized spacial score (nSPS) is 11.5. The third-order valence-corrected chi connectivity index (χ3v) is 19.6. The summed E-state index contributed by atoms with van der Waals surface area (Å²) in [7, 11) is 3.28. The molecule has 0 fully saturated rings. The van der Waals surface area contributed by atoms with Crippen LogP contribution in [0.2, 0.25) is 15.1 Å². The van der Waals surface area contributed by atoms with E-state index in [0.29, 0.717) is 143 Å². The summed E-state index contributed by atoms with van der Waals surface area (Å²) in [6.07, 6.45) is 6.59. The van der Waals surface area contributed by atoms with Crippen molar-refractivity contribution in [1.29, 1.82) is 0 Å². The fourth-order valence-corrected chi connectivity index (χ4v) is 14.2. The molecule has 105 heavy (non-hydrogen) atoms. The SMILES string of the molecule is C=CCCn1c(=O)c2c(C)[nH]nc2c2cc(Cl)ccc21.COCCc1[nH]nc2c1c(=O)n(CCCN)c1ccc(Cl)cc21.COCCc1[nH]nc2c1c(=O)n(CCCN)c1ccccc21.Cc1[nH]nc2c1c(=O)n(CCCN)c1ccc(I)cc21.Cc1[nH]nc2c1c(=O)n(CCCO)c1ccc(Cl)cc21. The van der Waals surface area contributed by atoms with E-state index in [1.807, 2.05) is 98.1 Å². The second-order valence-electron chi connectivity index (χ2n) is 25.1. The molecule has 0 atom stereocenters. The van der Waals surface area contributed by atoms with Gasteiger partial charge >= 0.3 is 0 Å². The van der Waals surface area contributed by atoms with Gasteiger partial charge in [0.2, 0.25) is 0 Å². The Kier molecular flexibility index (Phi) is 25.3.